The summed E-state index contributed by atoms with van der Waals surface area (Å²) in [5, 5.41) is 2.49. The lowest BCUT2D eigenvalue weighted by Crippen LogP contribution is -2.45. The minimum atomic E-state index is -0.668. The number of hydrogen-bond acceptors (Lipinski definition) is 6. The molecule has 3 rings (SSSR count). The first-order valence-corrected chi connectivity index (χ1v) is 8.60. The molecule has 2 amide bonds. The third-order valence-corrected chi connectivity index (χ3v) is 4.43. The Labute approximate surface area is 157 Å². The van der Waals surface area contributed by atoms with Crippen LogP contribution in [0.25, 0.3) is 0 Å². The third kappa shape index (κ3) is 4.33. The molecule has 1 aliphatic rings. The van der Waals surface area contributed by atoms with E-state index in [1.165, 1.54) is 7.11 Å². The maximum atomic E-state index is 12.5. The molecule has 27 heavy (non-hydrogen) atoms. The molecular formula is C19H22N4O4. The van der Waals surface area contributed by atoms with Gasteiger partial charge in [-0.15, -0.1) is 0 Å². The second-order valence-electron chi connectivity index (χ2n) is 6.33. The molecule has 1 aliphatic heterocycles. The summed E-state index contributed by atoms with van der Waals surface area (Å²) in [5.41, 5.74) is 2.84. The number of nitrogens with one attached hydrogen (secondary N) is 1. The van der Waals surface area contributed by atoms with Gasteiger partial charge in [0.2, 0.25) is 5.91 Å². The highest BCUT2D eigenvalue weighted by Gasteiger charge is 2.29. The number of ether oxygens (including phenoxy) is 2. The summed E-state index contributed by atoms with van der Waals surface area (Å²) in [5.74, 6) is 1.32. The van der Waals surface area contributed by atoms with Crippen molar-refractivity contribution < 1.29 is 19.1 Å². The Hall–Kier alpha value is -3.16. The summed E-state index contributed by atoms with van der Waals surface area (Å²) in [6, 6.07) is 7.09. The third-order valence-electron chi connectivity index (χ3n) is 4.43. The van der Waals surface area contributed by atoms with Crippen molar-refractivity contribution in [1.82, 2.24) is 20.2 Å². The molecule has 2 heterocycles. The quantitative estimate of drug-likeness (QED) is 0.860. The van der Waals surface area contributed by atoms with Crippen molar-refractivity contribution in [1.29, 1.82) is 0 Å². The second-order valence-corrected chi connectivity index (χ2v) is 6.33. The minimum Gasteiger partial charge on any atom is -0.497 e. The van der Waals surface area contributed by atoms with Crippen LogP contribution in [0.1, 0.15) is 29.6 Å². The molecule has 8 heteroatoms. The van der Waals surface area contributed by atoms with E-state index in [1.54, 1.807) is 25.1 Å². The number of benzene rings is 1. The number of fused-ring (bicyclic) bond motifs is 1. The number of amides is 2. The van der Waals surface area contributed by atoms with E-state index in [2.05, 4.69) is 20.0 Å². The zero-order valence-corrected chi connectivity index (χ0v) is 15.6. The molecular weight excluding hydrogens is 348 g/mol. The fourth-order valence-corrected chi connectivity index (χ4v) is 2.93. The molecule has 0 saturated carbocycles. The van der Waals surface area contributed by atoms with Gasteiger partial charge < -0.3 is 19.7 Å². The smallest absolute Gasteiger partial charge is 0.407 e. The lowest BCUT2D eigenvalue weighted by molar-refractivity contribution is -0.133. The largest absolute Gasteiger partial charge is 0.497 e. The predicted molar refractivity (Wildman–Crippen MR) is 97.1 cm³/mol. The monoisotopic (exact) mass is 370 g/mol. The van der Waals surface area contributed by atoms with Gasteiger partial charge in [-0.25, -0.2) is 14.8 Å². The van der Waals surface area contributed by atoms with Gasteiger partial charge in [0.05, 0.1) is 26.5 Å². The molecule has 0 aliphatic carbocycles. The van der Waals surface area contributed by atoms with Gasteiger partial charge in [0.1, 0.15) is 17.6 Å². The maximum absolute atomic E-state index is 12.5. The highest BCUT2D eigenvalue weighted by atomic mass is 16.5. The van der Waals surface area contributed by atoms with Crippen LogP contribution < -0.4 is 10.1 Å². The lowest BCUT2D eigenvalue weighted by Gasteiger charge is -2.20. The standard InChI is InChI=1S/C19H22N4O4/c1-12(21-19(25)27-3)18(24)23-10-14-9-20-17(22-16(14)11-23)8-13-4-6-15(26-2)7-5-13/h4-7,9,12H,8,10-11H2,1-3H3,(H,21,25). The summed E-state index contributed by atoms with van der Waals surface area (Å²) in [6.07, 6.45) is 1.74. The first-order valence-electron chi connectivity index (χ1n) is 8.60. The average Bonchev–Trinajstić information content (AvgIpc) is 3.11. The fraction of sp³-hybridized carbons (Fsp3) is 0.368. The predicted octanol–water partition coefficient (Wildman–Crippen LogP) is 1.66. The average molecular weight is 370 g/mol. The molecule has 1 unspecified atom stereocenters. The molecule has 0 fully saturated rings. The first kappa shape index (κ1) is 18.6. The topological polar surface area (TPSA) is 93.7 Å². The number of methoxy groups -OCH3 is 2. The number of alkyl carbamates (subject to hydrolysis) is 1. The van der Waals surface area contributed by atoms with Crippen molar-refractivity contribution >= 4 is 12.0 Å². The number of hydrogen-bond donors (Lipinski definition) is 1. The Morgan fingerprint density at radius 3 is 2.63 bits per heavy atom. The summed E-state index contributed by atoms with van der Waals surface area (Å²) in [7, 11) is 2.89. The van der Waals surface area contributed by atoms with Crippen molar-refractivity contribution in [3.8, 4) is 5.75 Å². The van der Waals surface area contributed by atoms with Gasteiger partial charge in [-0.05, 0) is 24.6 Å². The summed E-state index contributed by atoms with van der Waals surface area (Å²) in [4.78, 5) is 34.5. The summed E-state index contributed by atoms with van der Waals surface area (Å²) in [6.45, 7) is 2.46. The van der Waals surface area contributed by atoms with E-state index in [4.69, 9.17) is 4.74 Å². The Morgan fingerprint density at radius 2 is 1.96 bits per heavy atom. The number of rotatable bonds is 5. The zero-order valence-electron chi connectivity index (χ0n) is 15.6. The van der Waals surface area contributed by atoms with Gasteiger partial charge in [-0.1, -0.05) is 12.1 Å². The first-order chi connectivity index (χ1) is 13.0. The molecule has 2 aromatic rings. The van der Waals surface area contributed by atoms with E-state index in [9.17, 15) is 9.59 Å². The SMILES string of the molecule is COC(=O)NC(C)C(=O)N1Cc2cnc(Cc3ccc(OC)cc3)nc2C1. The van der Waals surface area contributed by atoms with Gasteiger partial charge in [-0.2, -0.15) is 0 Å². The van der Waals surface area contributed by atoms with Crippen LogP contribution in [0.2, 0.25) is 0 Å². The van der Waals surface area contributed by atoms with E-state index in [1.807, 2.05) is 24.3 Å². The van der Waals surface area contributed by atoms with Crippen LogP contribution >= 0.6 is 0 Å². The van der Waals surface area contributed by atoms with Crippen LogP contribution in [-0.2, 0) is 29.0 Å². The molecule has 1 aromatic heterocycles. The molecule has 1 aromatic carbocycles. The Balaban J connectivity index is 1.65. The molecule has 0 bridgehead atoms. The number of aromatic nitrogens is 2. The van der Waals surface area contributed by atoms with Crippen LogP contribution in [0, 0.1) is 0 Å². The normalized spacial score (nSPS) is 13.7. The molecule has 0 spiro atoms. The number of nitrogens with zero attached hydrogens (tertiary/aromatic N) is 3. The van der Waals surface area contributed by atoms with Crippen LogP contribution in [0.5, 0.6) is 5.75 Å². The lowest BCUT2D eigenvalue weighted by atomic mass is 10.1. The van der Waals surface area contributed by atoms with Gasteiger partial charge in [0.15, 0.2) is 0 Å². The highest BCUT2D eigenvalue weighted by molar-refractivity contribution is 5.85. The van der Waals surface area contributed by atoms with Crippen LogP contribution in [0.15, 0.2) is 30.5 Å². The summed E-state index contributed by atoms with van der Waals surface area (Å²) < 4.78 is 9.69. The van der Waals surface area contributed by atoms with Crippen LogP contribution in [0.4, 0.5) is 4.79 Å². The highest BCUT2D eigenvalue weighted by Crippen LogP contribution is 2.22. The zero-order chi connectivity index (χ0) is 19.4. The minimum absolute atomic E-state index is 0.185. The van der Waals surface area contributed by atoms with Crippen LogP contribution in [0.3, 0.4) is 0 Å². The molecule has 1 atom stereocenters. The van der Waals surface area contributed by atoms with Crippen molar-refractivity contribution in [2.24, 2.45) is 0 Å². The molecule has 1 N–H and O–H groups in total. The second kappa shape index (κ2) is 8.03. The number of carbonyl (C=O) groups is 2. The maximum Gasteiger partial charge on any atom is 0.407 e. The molecule has 0 saturated heterocycles. The molecule has 8 nitrogen and oxygen atoms in total. The Kier molecular flexibility index (Phi) is 5.54. The van der Waals surface area contributed by atoms with E-state index in [0.29, 0.717) is 25.3 Å². The van der Waals surface area contributed by atoms with E-state index in [0.717, 1.165) is 22.6 Å². The fourth-order valence-electron chi connectivity index (χ4n) is 2.93. The number of carbonyl (C=O) groups excluding carboxylic acids is 2. The van der Waals surface area contributed by atoms with E-state index >= 15 is 0 Å². The van der Waals surface area contributed by atoms with Gasteiger partial charge in [0.25, 0.3) is 0 Å². The molecule has 142 valence electrons. The van der Waals surface area contributed by atoms with E-state index < -0.39 is 12.1 Å². The van der Waals surface area contributed by atoms with Crippen LogP contribution in [-0.4, -0.2) is 47.1 Å². The van der Waals surface area contributed by atoms with Crippen molar-refractivity contribution in [3.63, 3.8) is 0 Å². The molecule has 0 radical (unpaired) electrons. The summed E-state index contributed by atoms with van der Waals surface area (Å²) >= 11 is 0. The van der Waals surface area contributed by atoms with E-state index in [-0.39, 0.29) is 5.91 Å². The Morgan fingerprint density at radius 1 is 1.22 bits per heavy atom. The van der Waals surface area contributed by atoms with Crippen molar-refractivity contribution in [3.05, 3.63) is 53.1 Å². The Bertz CT molecular complexity index is 838. The van der Waals surface area contributed by atoms with Gasteiger partial charge >= 0.3 is 6.09 Å². The van der Waals surface area contributed by atoms with Crippen molar-refractivity contribution in [2.75, 3.05) is 14.2 Å². The van der Waals surface area contributed by atoms with Gasteiger partial charge in [-0.3, -0.25) is 4.79 Å². The van der Waals surface area contributed by atoms with Gasteiger partial charge in [0, 0.05) is 24.7 Å². The van der Waals surface area contributed by atoms with Crippen molar-refractivity contribution in [2.45, 2.75) is 32.5 Å².